The number of para-hydroxylation sites is 1. The first-order valence-corrected chi connectivity index (χ1v) is 12.1. The second kappa shape index (κ2) is 9.24. The van der Waals surface area contributed by atoms with Crippen LogP contribution in [0.5, 0.6) is 0 Å². The normalized spacial score (nSPS) is 19.0. The van der Waals surface area contributed by atoms with Crippen LogP contribution in [-0.2, 0) is 16.1 Å². The van der Waals surface area contributed by atoms with E-state index in [1.54, 1.807) is 0 Å². The standard InChI is InChI=1S/C26H32Cl2N2O2/c1-17-12-20(21-14-30(15-21)25-23(27)6-5-7-24(25)28)13-18(2)22(17)16-29-10-8-26(4,9-11-29)32-19(3)31/h5-7,12-13,21H,8-11,14-16H2,1-4H3. The van der Waals surface area contributed by atoms with Gasteiger partial charge in [-0.1, -0.05) is 41.4 Å². The van der Waals surface area contributed by atoms with Gasteiger partial charge in [-0.05, 0) is 68.0 Å². The SMILES string of the molecule is CC(=O)OC1(C)CCN(Cc2c(C)cc(C3CN(c4c(Cl)cccc4Cl)C3)cc2C)CC1. The predicted octanol–water partition coefficient (Wildman–Crippen LogP) is 6.13. The largest absolute Gasteiger partial charge is 0.459 e. The summed E-state index contributed by atoms with van der Waals surface area (Å²) >= 11 is 12.8. The van der Waals surface area contributed by atoms with Crippen molar-refractivity contribution in [2.45, 2.75) is 58.6 Å². The number of ether oxygens (including phenoxy) is 1. The van der Waals surface area contributed by atoms with Gasteiger partial charge >= 0.3 is 5.97 Å². The average molecular weight is 475 g/mol. The molecule has 2 saturated heterocycles. The minimum absolute atomic E-state index is 0.186. The lowest BCUT2D eigenvalue weighted by Crippen LogP contribution is -2.45. The number of nitrogens with zero attached hydrogens (tertiary/aromatic N) is 2. The summed E-state index contributed by atoms with van der Waals surface area (Å²) in [5.41, 5.74) is 6.13. The Bertz CT molecular complexity index is 966. The number of hydrogen-bond acceptors (Lipinski definition) is 4. The molecule has 0 aliphatic carbocycles. The topological polar surface area (TPSA) is 32.8 Å². The van der Waals surface area contributed by atoms with Crippen molar-refractivity contribution < 1.29 is 9.53 Å². The van der Waals surface area contributed by atoms with Crippen LogP contribution in [0.15, 0.2) is 30.3 Å². The molecule has 2 aliphatic heterocycles. The molecule has 32 heavy (non-hydrogen) atoms. The van der Waals surface area contributed by atoms with Crippen LogP contribution in [0.3, 0.4) is 0 Å². The number of carbonyl (C=O) groups excluding carboxylic acids is 1. The summed E-state index contributed by atoms with van der Waals surface area (Å²) in [6.07, 6.45) is 1.76. The Kier molecular flexibility index (Phi) is 6.76. The molecule has 2 aromatic rings. The van der Waals surface area contributed by atoms with Crippen molar-refractivity contribution in [1.29, 1.82) is 0 Å². The number of rotatable bonds is 5. The molecule has 2 heterocycles. The Labute approximate surface area is 201 Å². The van der Waals surface area contributed by atoms with Crippen LogP contribution in [0, 0.1) is 13.8 Å². The van der Waals surface area contributed by atoms with Crippen LogP contribution in [0.25, 0.3) is 0 Å². The van der Waals surface area contributed by atoms with E-state index in [0.29, 0.717) is 16.0 Å². The van der Waals surface area contributed by atoms with Crippen molar-refractivity contribution in [1.82, 2.24) is 4.90 Å². The van der Waals surface area contributed by atoms with Gasteiger partial charge in [0.15, 0.2) is 0 Å². The number of hydrogen-bond donors (Lipinski definition) is 0. The lowest BCUT2D eigenvalue weighted by Gasteiger charge is -2.42. The summed E-state index contributed by atoms with van der Waals surface area (Å²) in [5, 5.41) is 1.43. The zero-order valence-electron chi connectivity index (χ0n) is 19.4. The molecule has 0 bridgehead atoms. The molecule has 2 aliphatic rings. The summed E-state index contributed by atoms with van der Waals surface area (Å²) in [4.78, 5) is 16.1. The number of anilines is 1. The third-order valence-corrected chi connectivity index (χ3v) is 7.62. The van der Waals surface area contributed by atoms with Gasteiger partial charge in [0.1, 0.15) is 5.60 Å². The van der Waals surface area contributed by atoms with E-state index in [4.69, 9.17) is 27.9 Å². The number of carbonyl (C=O) groups is 1. The second-order valence-electron chi connectivity index (χ2n) is 9.63. The molecule has 2 aromatic carbocycles. The third-order valence-electron chi connectivity index (χ3n) is 7.01. The molecule has 4 rings (SSSR count). The molecule has 0 unspecified atom stereocenters. The van der Waals surface area contributed by atoms with E-state index in [1.165, 1.54) is 29.2 Å². The number of benzene rings is 2. The molecule has 2 fully saturated rings. The highest BCUT2D eigenvalue weighted by Crippen LogP contribution is 2.40. The maximum atomic E-state index is 11.4. The predicted molar refractivity (Wildman–Crippen MR) is 132 cm³/mol. The van der Waals surface area contributed by atoms with Crippen LogP contribution in [0.4, 0.5) is 5.69 Å². The minimum Gasteiger partial charge on any atom is -0.459 e. The number of piperidine rings is 1. The molecule has 0 saturated carbocycles. The van der Waals surface area contributed by atoms with Crippen molar-refractivity contribution in [2.24, 2.45) is 0 Å². The Hall–Kier alpha value is -1.75. The minimum atomic E-state index is -0.322. The molecule has 0 radical (unpaired) electrons. The number of aryl methyl sites for hydroxylation is 2. The quantitative estimate of drug-likeness (QED) is 0.487. The Morgan fingerprint density at radius 3 is 2.19 bits per heavy atom. The molecule has 0 N–H and O–H groups in total. The highest BCUT2D eigenvalue weighted by Gasteiger charge is 2.34. The van der Waals surface area contributed by atoms with E-state index >= 15 is 0 Å². The van der Waals surface area contributed by atoms with Crippen molar-refractivity contribution in [2.75, 3.05) is 31.1 Å². The first-order valence-electron chi connectivity index (χ1n) is 11.4. The average Bonchev–Trinajstić information content (AvgIpc) is 2.66. The fourth-order valence-corrected chi connectivity index (χ4v) is 5.67. The second-order valence-corrected chi connectivity index (χ2v) is 10.4. The smallest absolute Gasteiger partial charge is 0.303 e. The van der Waals surface area contributed by atoms with Gasteiger partial charge in [-0.3, -0.25) is 9.69 Å². The highest BCUT2D eigenvalue weighted by atomic mass is 35.5. The number of halogens is 2. The monoisotopic (exact) mass is 474 g/mol. The van der Waals surface area contributed by atoms with Gasteiger partial charge in [0.2, 0.25) is 0 Å². The van der Waals surface area contributed by atoms with Crippen LogP contribution in [0.2, 0.25) is 10.0 Å². The lowest BCUT2D eigenvalue weighted by atomic mass is 9.86. The fourth-order valence-electron chi connectivity index (χ4n) is 5.03. The Morgan fingerprint density at radius 2 is 1.66 bits per heavy atom. The van der Waals surface area contributed by atoms with Crippen LogP contribution < -0.4 is 4.90 Å². The van der Waals surface area contributed by atoms with E-state index in [1.807, 2.05) is 18.2 Å². The fraction of sp³-hybridized carbons (Fsp3) is 0.500. The van der Waals surface area contributed by atoms with E-state index in [0.717, 1.165) is 51.3 Å². The van der Waals surface area contributed by atoms with E-state index in [9.17, 15) is 4.79 Å². The van der Waals surface area contributed by atoms with E-state index < -0.39 is 0 Å². The third kappa shape index (κ3) is 4.93. The highest BCUT2D eigenvalue weighted by molar-refractivity contribution is 6.39. The zero-order valence-corrected chi connectivity index (χ0v) is 20.9. The van der Waals surface area contributed by atoms with E-state index in [2.05, 4.69) is 42.7 Å². The molecule has 0 amide bonds. The van der Waals surface area contributed by atoms with Crippen LogP contribution in [0.1, 0.15) is 54.9 Å². The lowest BCUT2D eigenvalue weighted by molar-refractivity contribution is -0.159. The van der Waals surface area contributed by atoms with Gasteiger partial charge in [0, 0.05) is 45.6 Å². The molecular formula is C26H32Cl2N2O2. The summed E-state index contributed by atoms with van der Waals surface area (Å²) in [6, 6.07) is 10.4. The Morgan fingerprint density at radius 1 is 1.09 bits per heavy atom. The van der Waals surface area contributed by atoms with Crippen molar-refractivity contribution >= 4 is 34.9 Å². The summed E-state index contributed by atoms with van der Waals surface area (Å²) in [5.74, 6) is 0.308. The molecule has 4 nitrogen and oxygen atoms in total. The number of esters is 1. The molecule has 6 heteroatoms. The summed E-state index contributed by atoms with van der Waals surface area (Å²) in [6.45, 7) is 12.7. The van der Waals surface area contributed by atoms with Gasteiger partial charge in [-0.2, -0.15) is 0 Å². The molecular weight excluding hydrogens is 443 g/mol. The maximum absolute atomic E-state index is 11.4. The van der Waals surface area contributed by atoms with Crippen molar-refractivity contribution in [3.8, 4) is 0 Å². The first-order chi connectivity index (χ1) is 15.1. The summed E-state index contributed by atoms with van der Waals surface area (Å²) < 4.78 is 5.55. The van der Waals surface area contributed by atoms with Crippen molar-refractivity contribution in [3.63, 3.8) is 0 Å². The van der Waals surface area contributed by atoms with Gasteiger partial charge in [0.05, 0.1) is 15.7 Å². The Balaban J connectivity index is 1.39. The molecule has 0 spiro atoms. The van der Waals surface area contributed by atoms with Crippen LogP contribution >= 0.6 is 23.2 Å². The maximum Gasteiger partial charge on any atom is 0.303 e. The van der Waals surface area contributed by atoms with Gasteiger partial charge in [-0.15, -0.1) is 0 Å². The first kappa shape index (κ1) is 23.4. The summed E-state index contributed by atoms with van der Waals surface area (Å²) in [7, 11) is 0. The van der Waals surface area contributed by atoms with Gasteiger partial charge in [-0.25, -0.2) is 0 Å². The van der Waals surface area contributed by atoms with Gasteiger partial charge < -0.3 is 9.64 Å². The van der Waals surface area contributed by atoms with Gasteiger partial charge in [0.25, 0.3) is 0 Å². The molecule has 172 valence electrons. The van der Waals surface area contributed by atoms with E-state index in [-0.39, 0.29) is 11.6 Å². The molecule has 0 atom stereocenters. The zero-order chi connectivity index (χ0) is 23.0. The number of likely N-dealkylation sites (tertiary alicyclic amines) is 1. The molecule has 0 aromatic heterocycles. The van der Waals surface area contributed by atoms with Crippen molar-refractivity contribution in [3.05, 3.63) is 62.6 Å². The van der Waals surface area contributed by atoms with Crippen LogP contribution in [-0.4, -0.2) is 42.6 Å².